The van der Waals surface area contributed by atoms with Gasteiger partial charge < -0.3 is 4.57 Å². The summed E-state index contributed by atoms with van der Waals surface area (Å²) < 4.78 is 2.33. The van der Waals surface area contributed by atoms with Gasteiger partial charge in [-0.2, -0.15) is 0 Å². The molecule has 3 aromatic carbocycles. The molecule has 1 nitrogen and oxygen atoms in total. The molecule has 0 bridgehead atoms. The molecule has 4 aromatic rings. The van der Waals surface area contributed by atoms with Gasteiger partial charge >= 0.3 is 0 Å². The number of hydrogen-bond donors (Lipinski definition) is 0. The SMILES string of the molecule is C.Cc1c(C)n(C)c2c3ccccc3c3ccccc3c12. The lowest BCUT2D eigenvalue weighted by molar-refractivity contribution is 0.913. The molecule has 0 atom stereocenters. The Morgan fingerprint density at radius 3 is 1.81 bits per heavy atom. The van der Waals surface area contributed by atoms with Crippen LogP contribution in [-0.2, 0) is 7.05 Å². The van der Waals surface area contributed by atoms with E-state index < -0.39 is 0 Å². The van der Waals surface area contributed by atoms with Crippen LogP contribution in [0.1, 0.15) is 18.7 Å². The first-order valence-electron chi connectivity index (χ1n) is 7.05. The second-order valence-electron chi connectivity index (χ2n) is 5.58. The van der Waals surface area contributed by atoms with Gasteiger partial charge in [-0.05, 0) is 35.6 Å². The molecule has 0 amide bonds. The molecular weight excluding hydrogens is 254 g/mol. The fourth-order valence-electron chi connectivity index (χ4n) is 3.45. The first-order chi connectivity index (χ1) is 9.70. The largest absolute Gasteiger partial charge is 0.347 e. The lowest BCUT2D eigenvalue weighted by Crippen LogP contribution is -1.91. The number of nitrogens with zero attached hydrogens (tertiary/aromatic N) is 1. The number of hydrogen-bond acceptors (Lipinski definition) is 0. The van der Waals surface area contributed by atoms with Gasteiger partial charge in [-0.1, -0.05) is 56.0 Å². The van der Waals surface area contributed by atoms with Crippen molar-refractivity contribution in [2.24, 2.45) is 7.05 Å². The van der Waals surface area contributed by atoms with Crippen molar-refractivity contribution in [2.75, 3.05) is 0 Å². The fourth-order valence-corrected chi connectivity index (χ4v) is 3.45. The molecule has 0 fully saturated rings. The Kier molecular flexibility index (Phi) is 3.02. The lowest BCUT2D eigenvalue weighted by Gasteiger charge is -2.09. The molecule has 0 radical (unpaired) electrons. The summed E-state index contributed by atoms with van der Waals surface area (Å²) in [6.07, 6.45) is 0. The van der Waals surface area contributed by atoms with Crippen LogP contribution >= 0.6 is 0 Å². The van der Waals surface area contributed by atoms with Crippen LogP contribution in [0.15, 0.2) is 48.5 Å². The minimum absolute atomic E-state index is 0. The summed E-state index contributed by atoms with van der Waals surface area (Å²) in [6.45, 7) is 4.44. The quantitative estimate of drug-likeness (QED) is 0.361. The minimum Gasteiger partial charge on any atom is -0.347 e. The number of aryl methyl sites for hydroxylation is 2. The summed E-state index contributed by atoms with van der Waals surface area (Å²) >= 11 is 0. The van der Waals surface area contributed by atoms with E-state index in [0.717, 1.165) is 0 Å². The first kappa shape index (κ1) is 13.7. The van der Waals surface area contributed by atoms with Crippen LogP contribution in [0.4, 0.5) is 0 Å². The Bertz CT molecular complexity index is 895. The Balaban J connectivity index is 0.00000132. The highest BCUT2D eigenvalue weighted by molar-refractivity contribution is 6.25. The van der Waals surface area contributed by atoms with Crippen LogP contribution in [0.3, 0.4) is 0 Å². The third-order valence-corrected chi connectivity index (χ3v) is 4.66. The van der Waals surface area contributed by atoms with Gasteiger partial charge in [-0.3, -0.25) is 0 Å². The van der Waals surface area contributed by atoms with Crippen molar-refractivity contribution in [1.29, 1.82) is 0 Å². The highest BCUT2D eigenvalue weighted by Gasteiger charge is 2.15. The van der Waals surface area contributed by atoms with Gasteiger partial charge in [-0.15, -0.1) is 0 Å². The van der Waals surface area contributed by atoms with E-state index in [9.17, 15) is 0 Å². The first-order valence-corrected chi connectivity index (χ1v) is 7.05. The number of benzene rings is 3. The molecule has 0 saturated heterocycles. The Labute approximate surface area is 125 Å². The second-order valence-corrected chi connectivity index (χ2v) is 5.58. The number of rotatable bonds is 0. The molecule has 106 valence electrons. The van der Waals surface area contributed by atoms with Crippen molar-refractivity contribution < 1.29 is 0 Å². The maximum absolute atomic E-state index is 2.33. The summed E-state index contributed by atoms with van der Waals surface area (Å²) in [6, 6.07) is 17.5. The number of aromatic nitrogens is 1. The van der Waals surface area contributed by atoms with Crippen molar-refractivity contribution in [2.45, 2.75) is 21.3 Å². The maximum atomic E-state index is 2.33. The van der Waals surface area contributed by atoms with Gasteiger partial charge in [0.25, 0.3) is 0 Å². The van der Waals surface area contributed by atoms with Crippen molar-refractivity contribution in [3.8, 4) is 0 Å². The van der Waals surface area contributed by atoms with Crippen LogP contribution in [0.2, 0.25) is 0 Å². The molecule has 0 aliphatic carbocycles. The summed E-state index contributed by atoms with van der Waals surface area (Å²) in [7, 11) is 2.17. The third kappa shape index (κ3) is 1.64. The van der Waals surface area contributed by atoms with Crippen molar-refractivity contribution in [3.05, 3.63) is 59.8 Å². The van der Waals surface area contributed by atoms with Crippen molar-refractivity contribution >= 4 is 32.4 Å². The zero-order valence-electron chi connectivity index (χ0n) is 12.1. The van der Waals surface area contributed by atoms with E-state index in [1.807, 2.05) is 0 Å². The van der Waals surface area contributed by atoms with Crippen LogP contribution in [0.5, 0.6) is 0 Å². The van der Waals surface area contributed by atoms with E-state index in [1.54, 1.807) is 0 Å². The molecular formula is C20H21N. The minimum atomic E-state index is 0. The van der Waals surface area contributed by atoms with E-state index in [2.05, 4.69) is 74.0 Å². The zero-order valence-corrected chi connectivity index (χ0v) is 12.1. The van der Waals surface area contributed by atoms with Gasteiger partial charge in [0.05, 0.1) is 5.52 Å². The molecule has 1 heteroatoms. The zero-order chi connectivity index (χ0) is 13.9. The van der Waals surface area contributed by atoms with Crippen LogP contribution in [0, 0.1) is 13.8 Å². The van der Waals surface area contributed by atoms with E-state index in [1.165, 1.54) is 43.7 Å². The van der Waals surface area contributed by atoms with Gasteiger partial charge in [0.1, 0.15) is 0 Å². The standard InChI is InChI=1S/C19H17N.CH4/c1-12-13(2)20(3)19-17-11-7-5-9-15(17)14-8-4-6-10-16(14)18(12)19;/h4-11H,1-3H3;1H4. The van der Waals surface area contributed by atoms with Crippen LogP contribution in [-0.4, -0.2) is 4.57 Å². The molecule has 21 heavy (non-hydrogen) atoms. The molecule has 0 N–H and O–H groups in total. The Morgan fingerprint density at radius 1 is 0.714 bits per heavy atom. The van der Waals surface area contributed by atoms with Gasteiger partial charge in [0.2, 0.25) is 0 Å². The molecule has 0 aliphatic rings. The molecule has 0 saturated carbocycles. The topological polar surface area (TPSA) is 4.93 Å². The molecule has 0 unspecified atom stereocenters. The molecule has 1 aromatic heterocycles. The van der Waals surface area contributed by atoms with Crippen molar-refractivity contribution in [1.82, 2.24) is 4.57 Å². The molecule has 1 heterocycles. The van der Waals surface area contributed by atoms with Gasteiger partial charge in [0.15, 0.2) is 0 Å². The smallest absolute Gasteiger partial charge is 0.0568 e. The van der Waals surface area contributed by atoms with Gasteiger partial charge in [-0.25, -0.2) is 0 Å². The molecule has 0 aliphatic heterocycles. The Morgan fingerprint density at radius 2 is 1.19 bits per heavy atom. The van der Waals surface area contributed by atoms with E-state index in [4.69, 9.17) is 0 Å². The van der Waals surface area contributed by atoms with Crippen molar-refractivity contribution in [3.63, 3.8) is 0 Å². The van der Waals surface area contributed by atoms with Crippen LogP contribution < -0.4 is 0 Å². The maximum Gasteiger partial charge on any atom is 0.0568 e. The lowest BCUT2D eigenvalue weighted by atomic mass is 9.96. The third-order valence-electron chi connectivity index (χ3n) is 4.66. The van der Waals surface area contributed by atoms with E-state index in [-0.39, 0.29) is 7.43 Å². The molecule has 4 rings (SSSR count). The summed E-state index contributed by atoms with van der Waals surface area (Å²) in [4.78, 5) is 0. The predicted molar refractivity (Wildman–Crippen MR) is 94.1 cm³/mol. The fraction of sp³-hybridized carbons (Fsp3) is 0.200. The highest BCUT2D eigenvalue weighted by atomic mass is 14.9. The summed E-state index contributed by atoms with van der Waals surface area (Å²) in [5.41, 5.74) is 4.10. The van der Waals surface area contributed by atoms with E-state index >= 15 is 0 Å². The highest BCUT2D eigenvalue weighted by Crippen LogP contribution is 2.38. The number of fused-ring (bicyclic) bond motifs is 6. The predicted octanol–water partition coefficient (Wildman–Crippen LogP) is 5.74. The normalized spacial score (nSPS) is 11.2. The summed E-state index contributed by atoms with van der Waals surface area (Å²) in [5, 5.41) is 6.81. The van der Waals surface area contributed by atoms with E-state index in [0.29, 0.717) is 0 Å². The Hall–Kier alpha value is -2.28. The average molecular weight is 275 g/mol. The monoisotopic (exact) mass is 275 g/mol. The summed E-state index contributed by atoms with van der Waals surface area (Å²) in [5.74, 6) is 0. The van der Waals surface area contributed by atoms with Crippen LogP contribution in [0.25, 0.3) is 32.4 Å². The average Bonchev–Trinajstić information content (AvgIpc) is 2.73. The van der Waals surface area contributed by atoms with Gasteiger partial charge in [0, 0.05) is 23.5 Å². The molecule has 0 spiro atoms. The second kappa shape index (κ2) is 4.63.